The summed E-state index contributed by atoms with van der Waals surface area (Å²) in [5.74, 6) is 1.75. The third-order valence-electron chi connectivity index (χ3n) is 5.42. The van der Waals surface area contributed by atoms with Gasteiger partial charge in [0.2, 0.25) is 5.91 Å². The van der Waals surface area contributed by atoms with Crippen molar-refractivity contribution in [2.75, 3.05) is 6.61 Å². The first-order valence-corrected chi connectivity index (χ1v) is 9.73. The van der Waals surface area contributed by atoms with Crippen molar-refractivity contribution in [3.8, 4) is 5.75 Å². The number of nitrogens with zero attached hydrogens (tertiary/aromatic N) is 1. The second-order valence-electron chi connectivity index (χ2n) is 7.87. The van der Waals surface area contributed by atoms with Crippen LogP contribution in [0.1, 0.15) is 54.9 Å². The highest BCUT2D eigenvalue weighted by atomic mass is 16.5. The summed E-state index contributed by atoms with van der Waals surface area (Å²) >= 11 is 0. The second kappa shape index (κ2) is 7.14. The van der Waals surface area contributed by atoms with E-state index in [1.54, 1.807) is 0 Å². The first kappa shape index (κ1) is 17.1. The number of ether oxygens (including phenoxy) is 1. The molecule has 0 spiro atoms. The Kier molecular flexibility index (Phi) is 4.71. The Hall–Kier alpha value is -2.29. The number of benzene rings is 2. The van der Waals surface area contributed by atoms with Crippen LogP contribution in [0.2, 0.25) is 0 Å². The monoisotopic (exact) mass is 349 g/mol. The number of amides is 1. The van der Waals surface area contributed by atoms with Crippen LogP contribution >= 0.6 is 0 Å². The van der Waals surface area contributed by atoms with Gasteiger partial charge in [0.15, 0.2) is 0 Å². The summed E-state index contributed by atoms with van der Waals surface area (Å²) in [5, 5.41) is 0. The molecule has 26 heavy (non-hydrogen) atoms. The van der Waals surface area contributed by atoms with Crippen molar-refractivity contribution in [3.63, 3.8) is 0 Å². The minimum absolute atomic E-state index is 0.235. The molecule has 2 aromatic carbocycles. The summed E-state index contributed by atoms with van der Waals surface area (Å²) in [6.07, 6.45) is 3.70. The highest BCUT2D eigenvalue weighted by Crippen LogP contribution is 2.30. The molecule has 0 unspecified atom stereocenters. The van der Waals surface area contributed by atoms with Crippen molar-refractivity contribution in [3.05, 3.63) is 64.7 Å². The molecule has 0 aromatic heterocycles. The van der Waals surface area contributed by atoms with Gasteiger partial charge in [0.1, 0.15) is 5.75 Å². The van der Waals surface area contributed by atoms with E-state index >= 15 is 0 Å². The Morgan fingerprint density at radius 3 is 2.54 bits per heavy atom. The molecule has 0 atom stereocenters. The molecule has 2 aliphatic rings. The molecule has 1 aliphatic heterocycles. The van der Waals surface area contributed by atoms with Crippen LogP contribution < -0.4 is 4.74 Å². The van der Waals surface area contributed by atoms with Gasteiger partial charge >= 0.3 is 0 Å². The summed E-state index contributed by atoms with van der Waals surface area (Å²) in [4.78, 5) is 15.0. The fourth-order valence-electron chi connectivity index (χ4n) is 3.64. The number of carbonyl (C=O) groups is 1. The van der Waals surface area contributed by atoms with Gasteiger partial charge in [0, 0.05) is 19.0 Å². The SMILES string of the molecule is CC(C)c1ccc(CN(C(=O)Cc2ccc3c(c2)CCO3)C2CC2)cc1. The number of carbonyl (C=O) groups excluding carboxylic acids is 1. The van der Waals surface area contributed by atoms with E-state index in [1.165, 1.54) is 16.7 Å². The Bertz CT molecular complexity index is 790. The van der Waals surface area contributed by atoms with Crippen LogP contribution in [0.3, 0.4) is 0 Å². The normalized spacial score (nSPS) is 15.7. The van der Waals surface area contributed by atoms with E-state index in [0.717, 1.165) is 43.7 Å². The molecular formula is C23H27NO2. The Labute approximate surface area is 156 Å². The van der Waals surface area contributed by atoms with Crippen LogP contribution in [0, 0.1) is 0 Å². The van der Waals surface area contributed by atoms with E-state index in [0.29, 0.717) is 18.4 Å². The zero-order chi connectivity index (χ0) is 18.1. The van der Waals surface area contributed by atoms with Crippen LogP contribution in [0.5, 0.6) is 5.75 Å². The second-order valence-corrected chi connectivity index (χ2v) is 7.87. The molecule has 1 amide bonds. The zero-order valence-electron chi connectivity index (χ0n) is 15.7. The van der Waals surface area contributed by atoms with Crippen LogP contribution in [-0.2, 0) is 24.2 Å². The lowest BCUT2D eigenvalue weighted by Gasteiger charge is -2.23. The van der Waals surface area contributed by atoms with Gasteiger partial charge in [-0.2, -0.15) is 0 Å². The molecular weight excluding hydrogens is 322 g/mol. The number of hydrogen-bond acceptors (Lipinski definition) is 2. The molecule has 3 heteroatoms. The van der Waals surface area contributed by atoms with Crippen LogP contribution in [0.15, 0.2) is 42.5 Å². The van der Waals surface area contributed by atoms with Crippen molar-refractivity contribution in [2.24, 2.45) is 0 Å². The highest BCUT2D eigenvalue weighted by Gasteiger charge is 2.32. The molecule has 0 radical (unpaired) electrons. The van der Waals surface area contributed by atoms with Crippen molar-refractivity contribution < 1.29 is 9.53 Å². The van der Waals surface area contributed by atoms with Crippen LogP contribution in [0.4, 0.5) is 0 Å². The Morgan fingerprint density at radius 2 is 1.85 bits per heavy atom. The number of fused-ring (bicyclic) bond motifs is 1. The van der Waals surface area contributed by atoms with Gasteiger partial charge in [-0.3, -0.25) is 4.79 Å². The Balaban J connectivity index is 1.45. The quantitative estimate of drug-likeness (QED) is 0.769. The van der Waals surface area contributed by atoms with E-state index in [4.69, 9.17) is 4.74 Å². The minimum Gasteiger partial charge on any atom is -0.493 e. The van der Waals surface area contributed by atoms with E-state index in [9.17, 15) is 4.79 Å². The smallest absolute Gasteiger partial charge is 0.227 e. The predicted molar refractivity (Wildman–Crippen MR) is 103 cm³/mol. The average Bonchev–Trinajstić information content (AvgIpc) is 3.37. The molecule has 1 fully saturated rings. The molecule has 1 heterocycles. The van der Waals surface area contributed by atoms with Crippen molar-refractivity contribution in [1.29, 1.82) is 0 Å². The third-order valence-corrected chi connectivity index (χ3v) is 5.42. The van der Waals surface area contributed by atoms with Gasteiger partial charge in [-0.1, -0.05) is 50.2 Å². The van der Waals surface area contributed by atoms with Crippen molar-refractivity contribution >= 4 is 5.91 Å². The van der Waals surface area contributed by atoms with Gasteiger partial charge in [-0.05, 0) is 47.1 Å². The topological polar surface area (TPSA) is 29.5 Å². The van der Waals surface area contributed by atoms with Gasteiger partial charge < -0.3 is 9.64 Å². The minimum atomic E-state index is 0.235. The lowest BCUT2D eigenvalue weighted by Crippen LogP contribution is -2.33. The van der Waals surface area contributed by atoms with Crippen molar-refractivity contribution in [2.45, 2.75) is 58.0 Å². The average molecular weight is 349 g/mol. The van der Waals surface area contributed by atoms with E-state index < -0.39 is 0 Å². The maximum Gasteiger partial charge on any atom is 0.227 e. The summed E-state index contributed by atoms with van der Waals surface area (Å²) in [6.45, 7) is 5.89. The lowest BCUT2D eigenvalue weighted by atomic mass is 10.0. The molecule has 0 bridgehead atoms. The molecule has 1 saturated carbocycles. The molecule has 4 rings (SSSR count). The molecule has 0 N–H and O–H groups in total. The standard InChI is InChI=1S/C23H27NO2/c1-16(2)19-6-3-17(4-7-19)15-24(21-8-9-21)23(25)14-18-5-10-22-20(13-18)11-12-26-22/h3-7,10,13,16,21H,8-9,11-12,14-15H2,1-2H3. The molecule has 136 valence electrons. The maximum atomic E-state index is 13.0. The fourth-order valence-corrected chi connectivity index (χ4v) is 3.64. The van der Waals surface area contributed by atoms with Crippen molar-refractivity contribution in [1.82, 2.24) is 4.90 Å². The lowest BCUT2D eigenvalue weighted by molar-refractivity contribution is -0.131. The first-order chi connectivity index (χ1) is 12.6. The fraction of sp³-hybridized carbons (Fsp3) is 0.435. The van der Waals surface area contributed by atoms with Gasteiger partial charge in [-0.25, -0.2) is 0 Å². The number of rotatable bonds is 6. The largest absolute Gasteiger partial charge is 0.493 e. The first-order valence-electron chi connectivity index (χ1n) is 9.73. The highest BCUT2D eigenvalue weighted by molar-refractivity contribution is 5.79. The molecule has 3 nitrogen and oxygen atoms in total. The van der Waals surface area contributed by atoms with Gasteiger partial charge in [0.05, 0.1) is 13.0 Å². The maximum absolute atomic E-state index is 13.0. The zero-order valence-corrected chi connectivity index (χ0v) is 15.7. The molecule has 1 aliphatic carbocycles. The summed E-state index contributed by atoms with van der Waals surface area (Å²) < 4.78 is 5.56. The van der Waals surface area contributed by atoms with Gasteiger partial charge in [-0.15, -0.1) is 0 Å². The van der Waals surface area contributed by atoms with E-state index in [1.807, 2.05) is 12.1 Å². The molecule has 0 saturated heterocycles. The summed E-state index contributed by atoms with van der Waals surface area (Å²) in [5.41, 5.74) is 4.90. The van der Waals surface area contributed by atoms with E-state index in [-0.39, 0.29) is 5.91 Å². The molecule has 2 aromatic rings. The summed E-state index contributed by atoms with van der Waals surface area (Å²) in [6, 6.07) is 15.3. The third kappa shape index (κ3) is 3.77. The number of hydrogen-bond donors (Lipinski definition) is 0. The van der Waals surface area contributed by atoms with Crippen LogP contribution in [0.25, 0.3) is 0 Å². The Morgan fingerprint density at radius 1 is 1.12 bits per heavy atom. The summed E-state index contributed by atoms with van der Waals surface area (Å²) in [7, 11) is 0. The van der Waals surface area contributed by atoms with E-state index in [2.05, 4.69) is 49.1 Å². The van der Waals surface area contributed by atoms with Crippen LogP contribution in [-0.4, -0.2) is 23.5 Å². The van der Waals surface area contributed by atoms with Gasteiger partial charge in [0.25, 0.3) is 0 Å². The predicted octanol–water partition coefficient (Wildman–Crippen LogP) is 4.48.